The summed E-state index contributed by atoms with van der Waals surface area (Å²) in [7, 11) is 1.62. The van der Waals surface area contributed by atoms with E-state index >= 15 is 0 Å². The average molecular weight is 428 g/mol. The second kappa shape index (κ2) is 11.6. The van der Waals surface area contributed by atoms with E-state index in [1.54, 1.807) is 19.2 Å². The van der Waals surface area contributed by atoms with Crippen molar-refractivity contribution >= 4 is 5.91 Å². The molecule has 0 spiro atoms. The smallest absolute Gasteiger partial charge is 0.251 e. The van der Waals surface area contributed by atoms with Gasteiger partial charge in [-0.3, -0.25) is 4.79 Å². The average Bonchev–Trinajstić information content (AvgIpc) is 3.30. The van der Waals surface area contributed by atoms with Gasteiger partial charge >= 0.3 is 0 Å². The molecule has 0 saturated carbocycles. The molecule has 1 heterocycles. The zero-order valence-corrected chi connectivity index (χ0v) is 18.7. The van der Waals surface area contributed by atoms with E-state index in [2.05, 4.69) is 19.2 Å². The maximum absolute atomic E-state index is 12.5. The van der Waals surface area contributed by atoms with Crippen LogP contribution in [-0.4, -0.2) is 38.9 Å². The molecule has 31 heavy (non-hydrogen) atoms. The van der Waals surface area contributed by atoms with Crippen LogP contribution in [-0.2, 0) is 11.3 Å². The van der Waals surface area contributed by atoms with Crippen molar-refractivity contribution in [3.63, 3.8) is 0 Å². The number of rotatable bonds is 11. The van der Waals surface area contributed by atoms with Gasteiger partial charge in [0.15, 0.2) is 11.5 Å². The lowest BCUT2D eigenvalue weighted by molar-refractivity contribution is 0.0679. The van der Waals surface area contributed by atoms with Crippen molar-refractivity contribution in [1.82, 2.24) is 5.32 Å². The van der Waals surface area contributed by atoms with Gasteiger partial charge in [0.2, 0.25) is 0 Å². The third-order valence-electron chi connectivity index (χ3n) is 5.21. The summed E-state index contributed by atoms with van der Waals surface area (Å²) in [5, 5.41) is 2.94. The lowest BCUT2D eigenvalue weighted by Crippen LogP contribution is -2.22. The Morgan fingerprint density at radius 1 is 1.13 bits per heavy atom. The fraction of sp³-hybridized carbons (Fsp3) is 0.480. The van der Waals surface area contributed by atoms with Gasteiger partial charge in [0.05, 0.1) is 19.8 Å². The first-order valence-electron chi connectivity index (χ1n) is 11.0. The van der Waals surface area contributed by atoms with Crippen LogP contribution in [0.5, 0.6) is 17.2 Å². The van der Waals surface area contributed by atoms with Gasteiger partial charge in [-0.25, -0.2) is 0 Å². The Morgan fingerprint density at radius 3 is 2.61 bits per heavy atom. The van der Waals surface area contributed by atoms with Crippen molar-refractivity contribution in [2.24, 2.45) is 5.92 Å². The van der Waals surface area contributed by atoms with E-state index in [4.69, 9.17) is 18.9 Å². The molecule has 2 aromatic carbocycles. The number of carbonyl (C=O) groups excluding carboxylic acids is 1. The van der Waals surface area contributed by atoms with E-state index in [0.29, 0.717) is 37.0 Å². The number of hydrogen-bond acceptors (Lipinski definition) is 5. The fourth-order valence-electron chi connectivity index (χ4n) is 3.30. The van der Waals surface area contributed by atoms with E-state index in [1.807, 2.05) is 30.3 Å². The number of methoxy groups -OCH3 is 1. The van der Waals surface area contributed by atoms with Crippen molar-refractivity contribution in [1.29, 1.82) is 0 Å². The molecule has 1 N–H and O–H groups in total. The van der Waals surface area contributed by atoms with Crippen LogP contribution < -0.4 is 19.5 Å². The minimum atomic E-state index is -0.137. The highest BCUT2D eigenvalue weighted by atomic mass is 16.5. The Morgan fingerprint density at radius 2 is 1.94 bits per heavy atom. The Hall–Kier alpha value is -2.73. The van der Waals surface area contributed by atoms with E-state index in [-0.39, 0.29) is 12.0 Å². The Bertz CT molecular complexity index is 828. The third kappa shape index (κ3) is 7.17. The van der Waals surface area contributed by atoms with Crippen LogP contribution in [0.25, 0.3) is 0 Å². The number of ether oxygens (including phenoxy) is 4. The first-order chi connectivity index (χ1) is 15.0. The molecule has 0 bridgehead atoms. The lowest BCUT2D eigenvalue weighted by Gasteiger charge is -2.14. The van der Waals surface area contributed by atoms with Crippen LogP contribution in [0.1, 0.15) is 49.0 Å². The molecule has 1 unspecified atom stereocenters. The first-order valence-corrected chi connectivity index (χ1v) is 11.0. The second-order valence-electron chi connectivity index (χ2n) is 8.17. The summed E-state index contributed by atoms with van der Waals surface area (Å²) in [6.07, 6.45) is 3.29. The Kier molecular flexibility index (Phi) is 8.59. The van der Waals surface area contributed by atoms with Crippen LogP contribution in [0.4, 0.5) is 0 Å². The van der Waals surface area contributed by atoms with E-state index in [0.717, 1.165) is 42.9 Å². The molecule has 0 radical (unpaired) electrons. The lowest BCUT2D eigenvalue weighted by atomic mass is 10.1. The van der Waals surface area contributed by atoms with E-state index < -0.39 is 0 Å². The number of amides is 1. The Balaban J connectivity index is 1.49. The molecule has 6 nitrogen and oxygen atoms in total. The standard InChI is InChI=1S/C25H33NO5/c1-18(2)12-14-30-23-11-6-19(15-24(23)28-3)16-26-25(27)20-7-9-21(10-8-20)31-17-22-5-4-13-29-22/h6-11,15,18,22H,4-5,12-14,16-17H2,1-3H3,(H,26,27). The van der Waals surface area contributed by atoms with Gasteiger partial charge in [0, 0.05) is 18.7 Å². The highest BCUT2D eigenvalue weighted by Gasteiger charge is 2.16. The summed E-state index contributed by atoms with van der Waals surface area (Å²) in [6, 6.07) is 12.9. The maximum atomic E-state index is 12.5. The molecular formula is C25H33NO5. The van der Waals surface area contributed by atoms with Crippen molar-refractivity contribution in [3.05, 3.63) is 53.6 Å². The second-order valence-corrected chi connectivity index (χ2v) is 8.17. The first kappa shape index (κ1) is 22.9. The topological polar surface area (TPSA) is 66.0 Å². The molecular weight excluding hydrogens is 394 g/mol. The van der Waals surface area contributed by atoms with Crippen molar-refractivity contribution in [2.45, 2.75) is 45.8 Å². The molecule has 6 heteroatoms. The number of hydrogen-bond donors (Lipinski definition) is 1. The molecule has 1 aliphatic rings. The fourth-order valence-corrected chi connectivity index (χ4v) is 3.30. The minimum Gasteiger partial charge on any atom is -0.493 e. The predicted octanol–water partition coefficient (Wildman–Crippen LogP) is 4.61. The highest BCUT2D eigenvalue weighted by molar-refractivity contribution is 5.94. The van der Waals surface area contributed by atoms with Gasteiger partial charge in [0.1, 0.15) is 12.4 Å². The molecule has 1 aliphatic heterocycles. The van der Waals surface area contributed by atoms with Crippen molar-refractivity contribution < 1.29 is 23.7 Å². The van der Waals surface area contributed by atoms with E-state index in [1.165, 1.54) is 0 Å². The van der Waals surface area contributed by atoms with Gasteiger partial charge < -0.3 is 24.3 Å². The summed E-state index contributed by atoms with van der Waals surface area (Å²) >= 11 is 0. The summed E-state index contributed by atoms with van der Waals surface area (Å²) in [6.45, 7) is 6.74. The van der Waals surface area contributed by atoms with Crippen LogP contribution in [0, 0.1) is 5.92 Å². The molecule has 3 rings (SSSR count). The van der Waals surface area contributed by atoms with Gasteiger partial charge in [0.25, 0.3) is 5.91 Å². The molecule has 0 aromatic heterocycles. The van der Waals surface area contributed by atoms with Crippen LogP contribution in [0.3, 0.4) is 0 Å². The van der Waals surface area contributed by atoms with Crippen molar-refractivity contribution in [3.8, 4) is 17.2 Å². The molecule has 2 aromatic rings. The molecule has 1 amide bonds. The van der Waals surface area contributed by atoms with Crippen molar-refractivity contribution in [2.75, 3.05) is 26.9 Å². The Labute approximate surface area is 184 Å². The largest absolute Gasteiger partial charge is 0.493 e. The highest BCUT2D eigenvalue weighted by Crippen LogP contribution is 2.28. The number of benzene rings is 2. The normalized spacial score (nSPS) is 15.7. The SMILES string of the molecule is COc1cc(CNC(=O)c2ccc(OCC3CCCO3)cc2)ccc1OCCC(C)C. The predicted molar refractivity (Wildman–Crippen MR) is 120 cm³/mol. The van der Waals surface area contributed by atoms with Crippen LogP contribution >= 0.6 is 0 Å². The number of nitrogens with one attached hydrogen (secondary N) is 1. The zero-order valence-electron chi connectivity index (χ0n) is 18.7. The molecule has 0 aliphatic carbocycles. The monoisotopic (exact) mass is 427 g/mol. The van der Waals surface area contributed by atoms with E-state index in [9.17, 15) is 4.79 Å². The zero-order chi connectivity index (χ0) is 22.1. The maximum Gasteiger partial charge on any atom is 0.251 e. The van der Waals surface area contributed by atoms with Gasteiger partial charge in [-0.05, 0) is 67.1 Å². The minimum absolute atomic E-state index is 0.137. The van der Waals surface area contributed by atoms with Gasteiger partial charge in [-0.1, -0.05) is 19.9 Å². The molecule has 1 fully saturated rings. The van der Waals surface area contributed by atoms with Crippen LogP contribution in [0.15, 0.2) is 42.5 Å². The van der Waals surface area contributed by atoms with Gasteiger partial charge in [-0.2, -0.15) is 0 Å². The quantitative estimate of drug-likeness (QED) is 0.567. The summed E-state index contributed by atoms with van der Waals surface area (Å²) < 4.78 is 22.6. The third-order valence-corrected chi connectivity index (χ3v) is 5.21. The number of carbonyl (C=O) groups is 1. The molecule has 1 saturated heterocycles. The molecule has 1 atom stereocenters. The van der Waals surface area contributed by atoms with Crippen LogP contribution in [0.2, 0.25) is 0 Å². The summed E-state index contributed by atoms with van der Waals surface area (Å²) in [5.74, 6) is 2.58. The summed E-state index contributed by atoms with van der Waals surface area (Å²) in [5.41, 5.74) is 1.53. The summed E-state index contributed by atoms with van der Waals surface area (Å²) in [4.78, 5) is 12.5. The van der Waals surface area contributed by atoms with Gasteiger partial charge in [-0.15, -0.1) is 0 Å². The molecule has 168 valence electrons.